The molecule has 5 rings (SSSR count). The van der Waals surface area contributed by atoms with Crippen LogP contribution in [0.25, 0.3) is 11.0 Å². The molecule has 1 aliphatic rings. The molecule has 0 saturated carbocycles. The Hall–Kier alpha value is -3.53. The Morgan fingerprint density at radius 1 is 1.38 bits per heavy atom. The predicted octanol–water partition coefficient (Wildman–Crippen LogP) is 2.52. The molecule has 148 valence electrons. The van der Waals surface area contributed by atoms with E-state index < -0.39 is 23.9 Å². The molecule has 0 saturated heterocycles. The first kappa shape index (κ1) is 17.6. The Morgan fingerprint density at radius 3 is 3.00 bits per heavy atom. The molecule has 10 heteroatoms. The van der Waals surface area contributed by atoms with Crippen molar-refractivity contribution in [3.63, 3.8) is 0 Å². The maximum atomic E-state index is 14.1. The van der Waals surface area contributed by atoms with Crippen LogP contribution in [0.2, 0.25) is 0 Å². The summed E-state index contributed by atoms with van der Waals surface area (Å²) in [7, 11) is 0. The molecular formula is C19H16FN5O4. The maximum Gasteiger partial charge on any atom is 0.312 e. The molecule has 29 heavy (non-hydrogen) atoms. The molecule has 4 aromatic rings. The zero-order valence-corrected chi connectivity index (χ0v) is 15.3. The Morgan fingerprint density at radius 2 is 2.24 bits per heavy atom. The molecule has 1 aromatic carbocycles. The quantitative estimate of drug-likeness (QED) is 0.545. The number of nitrogens with zero attached hydrogens (tertiary/aromatic N) is 4. The van der Waals surface area contributed by atoms with Gasteiger partial charge in [0.25, 0.3) is 0 Å². The molecule has 0 aliphatic carbocycles. The van der Waals surface area contributed by atoms with Gasteiger partial charge in [-0.05, 0) is 19.1 Å². The number of aromatic nitrogens is 4. The van der Waals surface area contributed by atoms with Gasteiger partial charge in [-0.1, -0.05) is 12.1 Å². The second kappa shape index (κ2) is 6.52. The van der Waals surface area contributed by atoms with Gasteiger partial charge in [0.2, 0.25) is 5.89 Å². The highest BCUT2D eigenvalue weighted by atomic mass is 19.1. The van der Waals surface area contributed by atoms with E-state index in [-0.39, 0.29) is 17.4 Å². The van der Waals surface area contributed by atoms with Gasteiger partial charge in [0.05, 0.1) is 12.0 Å². The Bertz CT molecular complexity index is 1210. The van der Waals surface area contributed by atoms with Crippen molar-refractivity contribution in [3.8, 4) is 0 Å². The van der Waals surface area contributed by atoms with E-state index in [9.17, 15) is 14.3 Å². The monoisotopic (exact) mass is 397 g/mol. The number of aromatic amines is 1. The third-order valence-electron chi connectivity index (χ3n) is 4.95. The van der Waals surface area contributed by atoms with Crippen LogP contribution < -0.4 is 0 Å². The summed E-state index contributed by atoms with van der Waals surface area (Å²) in [5.41, 5.74) is 1.60. The Balaban J connectivity index is 1.60. The van der Waals surface area contributed by atoms with Crippen LogP contribution in [-0.4, -0.2) is 42.6 Å². The lowest BCUT2D eigenvalue weighted by Gasteiger charge is -2.32. The number of para-hydroxylation sites is 1. The summed E-state index contributed by atoms with van der Waals surface area (Å²) in [6.45, 7) is 1.80. The zero-order chi connectivity index (χ0) is 20.1. The van der Waals surface area contributed by atoms with Gasteiger partial charge in [-0.15, -0.1) is 10.2 Å². The van der Waals surface area contributed by atoms with Gasteiger partial charge in [-0.3, -0.25) is 4.79 Å². The number of hydrogen-bond acceptors (Lipinski definition) is 7. The first-order valence-electron chi connectivity index (χ1n) is 9.05. The standard InChI is InChI=1S/C19H16FN5O4/c1-9(26)17-23-24-18(29-17)19(27)25-6-5-12-14(22-8-21-12)15(25)13-7-10-3-2-4-11(20)16(10)28-13/h2-4,7-9,15,26H,5-6H2,1H3,(H,21,22)/t9-,15+/m0/s1. The van der Waals surface area contributed by atoms with Gasteiger partial charge in [0.15, 0.2) is 11.4 Å². The lowest BCUT2D eigenvalue weighted by atomic mass is 10.00. The summed E-state index contributed by atoms with van der Waals surface area (Å²) in [5.74, 6) is -0.922. The normalized spacial score (nSPS) is 17.5. The van der Waals surface area contributed by atoms with Gasteiger partial charge >= 0.3 is 11.8 Å². The van der Waals surface area contributed by atoms with Crippen LogP contribution in [0.3, 0.4) is 0 Å². The van der Waals surface area contributed by atoms with Crippen LogP contribution in [-0.2, 0) is 6.42 Å². The number of rotatable bonds is 3. The minimum absolute atomic E-state index is 0.0480. The number of H-pyrrole nitrogens is 1. The Labute approximate surface area is 163 Å². The van der Waals surface area contributed by atoms with Crippen molar-refractivity contribution in [2.24, 2.45) is 0 Å². The molecule has 9 nitrogen and oxygen atoms in total. The Kier molecular flexibility index (Phi) is 3.95. The van der Waals surface area contributed by atoms with Crippen LogP contribution in [0.15, 0.2) is 39.4 Å². The first-order valence-corrected chi connectivity index (χ1v) is 9.05. The minimum atomic E-state index is -0.988. The van der Waals surface area contributed by atoms with Gasteiger partial charge in [0.1, 0.15) is 17.9 Å². The topological polar surface area (TPSA) is 121 Å². The number of halogens is 1. The zero-order valence-electron chi connectivity index (χ0n) is 15.3. The summed E-state index contributed by atoms with van der Waals surface area (Å²) in [6.07, 6.45) is 1.11. The molecule has 1 aliphatic heterocycles. The molecule has 0 unspecified atom stereocenters. The molecule has 2 atom stereocenters. The van der Waals surface area contributed by atoms with Crippen molar-refractivity contribution in [1.29, 1.82) is 0 Å². The molecule has 0 spiro atoms. The van der Waals surface area contributed by atoms with Crippen LogP contribution in [0.4, 0.5) is 4.39 Å². The van der Waals surface area contributed by atoms with Crippen LogP contribution in [0.5, 0.6) is 0 Å². The number of imidazole rings is 1. The number of amides is 1. The average Bonchev–Trinajstić information content (AvgIpc) is 3.44. The van der Waals surface area contributed by atoms with Crippen molar-refractivity contribution in [2.75, 3.05) is 6.54 Å². The molecule has 2 N–H and O–H groups in total. The summed E-state index contributed by atoms with van der Waals surface area (Å²) >= 11 is 0. The molecular weight excluding hydrogens is 381 g/mol. The van der Waals surface area contributed by atoms with Crippen LogP contribution >= 0.6 is 0 Å². The van der Waals surface area contributed by atoms with Crippen molar-refractivity contribution < 1.29 is 23.1 Å². The van der Waals surface area contributed by atoms with E-state index in [2.05, 4.69) is 20.2 Å². The van der Waals surface area contributed by atoms with E-state index in [0.29, 0.717) is 29.8 Å². The number of hydrogen-bond donors (Lipinski definition) is 2. The predicted molar refractivity (Wildman–Crippen MR) is 96.3 cm³/mol. The third-order valence-corrected chi connectivity index (χ3v) is 4.95. The summed E-state index contributed by atoms with van der Waals surface area (Å²) in [6, 6.07) is 5.65. The second-order valence-electron chi connectivity index (χ2n) is 6.85. The first-order chi connectivity index (χ1) is 14.0. The molecule has 0 radical (unpaired) electrons. The van der Waals surface area contributed by atoms with Crippen molar-refractivity contribution in [3.05, 3.63) is 65.3 Å². The van der Waals surface area contributed by atoms with E-state index in [1.807, 2.05) is 0 Å². The average molecular weight is 397 g/mol. The number of carbonyl (C=O) groups excluding carboxylic acids is 1. The highest BCUT2D eigenvalue weighted by molar-refractivity contribution is 5.90. The fourth-order valence-electron chi connectivity index (χ4n) is 3.58. The fourth-order valence-corrected chi connectivity index (χ4v) is 3.58. The van der Waals surface area contributed by atoms with Crippen molar-refractivity contribution >= 4 is 16.9 Å². The van der Waals surface area contributed by atoms with E-state index in [4.69, 9.17) is 8.83 Å². The highest BCUT2D eigenvalue weighted by Gasteiger charge is 2.38. The number of aliphatic hydroxyl groups is 1. The number of fused-ring (bicyclic) bond motifs is 2. The smallest absolute Gasteiger partial charge is 0.312 e. The lowest BCUT2D eigenvalue weighted by molar-refractivity contribution is 0.0623. The molecule has 3 aromatic heterocycles. The molecule has 1 amide bonds. The van der Waals surface area contributed by atoms with E-state index in [0.717, 1.165) is 5.69 Å². The number of benzene rings is 1. The van der Waals surface area contributed by atoms with Gasteiger partial charge < -0.3 is 23.8 Å². The molecule has 0 fully saturated rings. The molecule has 0 bridgehead atoms. The number of furan rings is 1. The number of nitrogens with one attached hydrogen (secondary N) is 1. The fraction of sp³-hybridized carbons (Fsp3) is 0.263. The maximum absolute atomic E-state index is 14.1. The number of aliphatic hydroxyl groups excluding tert-OH is 1. The van der Waals surface area contributed by atoms with E-state index >= 15 is 0 Å². The van der Waals surface area contributed by atoms with Crippen molar-refractivity contribution in [1.82, 2.24) is 25.1 Å². The van der Waals surface area contributed by atoms with Crippen LogP contribution in [0, 0.1) is 5.82 Å². The second-order valence-corrected chi connectivity index (χ2v) is 6.85. The largest absolute Gasteiger partial charge is 0.455 e. The number of carbonyl (C=O) groups is 1. The SMILES string of the molecule is C[C@H](O)c1nnc(C(=O)N2CCc3[nH]cnc3[C@H]2c2cc3cccc(F)c3o2)o1. The lowest BCUT2D eigenvalue weighted by Crippen LogP contribution is -2.40. The minimum Gasteiger partial charge on any atom is -0.455 e. The summed E-state index contributed by atoms with van der Waals surface area (Å²) < 4.78 is 25.3. The highest BCUT2D eigenvalue weighted by Crippen LogP contribution is 2.37. The summed E-state index contributed by atoms with van der Waals surface area (Å²) in [4.78, 5) is 22.1. The summed E-state index contributed by atoms with van der Waals surface area (Å²) in [5, 5.41) is 17.6. The van der Waals surface area contributed by atoms with Gasteiger partial charge in [-0.2, -0.15) is 0 Å². The third kappa shape index (κ3) is 2.80. The van der Waals surface area contributed by atoms with E-state index in [1.54, 1.807) is 24.5 Å². The van der Waals surface area contributed by atoms with E-state index in [1.165, 1.54) is 17.9 Å². The van der Waals surface area contributed by atoms with Crippen molar-refractivity contribution in [2.45, 2.75) is 25.5 Å². The molecule has 4 heterocycles. The van der Waals surface area contributed by atoms with Gasteiger partial charge in [0, 0.05) is 24.0 Å². The van der Waals surface area contributed by atoms with Crippen LogP contribution in [0.1, 0.15) is 52.8 Å². The van der Waals surface area contributed by atoms with Gasteiger partial charge in [-0.25, -0.2) is 9.37 Å².